The number of carboxylic acids is 1. The molecule has 3 rings (SSSR count). The molecule has 0 saturated carbocycles. The highest BCUT2D eigenvalue weighted by Crippen LogP contribution is 2.37. The summed E-state index contributed by atoms with van der Waals surface area (Å²) in [6.07, 6.45) is 1.77. The zero-order valence-corrected chi connectivity index (χ0v) is 20.2. The number of ether oxygens (including phenoxy) is 2. The minimum Gasteiger partial charge on any atom is -0.490 e. The van der Waals surface area contributed by atoms with E-state index in [0.29, 0.717) is 31.7 Å². The number of amidine groups is 1. The van der Waals surface area contributed by atoms with E-state index in [2.05, 4.69) is 27.6 Å². The van der Waals surface area contributed by atoms with Crippen molar-refractivity contribution in [2.24, 2.45) is 4.99 Å². The zero-order valence-electron chi connectivity index (χ0n) is 17.2. The number of halogens is 1. The fraction of sp³-hybridized carbons (Fsp3) is 0.227. The van der Waals surface area contributed by atoms with Gasteiger partial charge >= 0.3 is 5.97 Å². The van der Waals surface area contributed by atoms with Gasteiger partial charge in [0.25, 0.3) is 5.91 Å². The molecule has 0 aromatic heterocycles. The number of hydrogen-bond acceptors (Lipinski definition) is 6. The number of benzene rings is 2. The summed E-state index contributed by atoms with van der Waals surface area (Å²) in [6.45, 7) is 3.77. The number of aliphatic carboxylic acids is 1. The van der Waals surface area contributed by atoms with E-state index in [4.69, 9.17) is 14.6 Å². The molecule has 1 N–H and O–H groups in total. The molecule has 2 aromatic carbocycles. The van der Waals surface area contributed by atoms with Crippen molar-refractivity contribution in [2.75, 3.05) is 20.3 Å². The molecule has 0 spiro atoms. The number of carbonyl (C=O) groups excluding carboxylic acids is 1. The Labute approximate surface area is 198 Å². The molecular weight excluding hydrogens is 531 g/mol. The first-order valence-corrected chi connectivity index (χ1v) is 11.3. The van der Waals surface area contributed by atoms with Crippen molar-refractivity contribution in [1.82, 2.24) is 4.90 Å². The molecule has 0 unspecified atom stereocenters. The predicted molar refractivity (Wildman–Crippen MR) is 130 cm³/mol. The molecule has 7 nitrogen and oxygen atoms in total. The average molecular weight is 552 g/mol. The third-order valence-electron chi connectivity index (χ3n) is 4.23. The van der Waals surface area contributed by atoms with E-state index in [1.165, 1.54) is 16.7 Å². The second-order valence-electron chi connectivity index (χ2n) is 6.65. The smallest absolute Gasteiger partial charge is 0.341 e. The summed E-state index contributed by atoms with van der Waals surface area (Å²) >= 11 is 3.36. The van der Waals surface area contributed by atoms with Gasteiger partial charge in [0.1, 0.15) is 0 Å². The van der Waals surface area contributed by atoms with E-state index in [-0.39, 0.29) is 5.91 Å². The summed E-state index contributed by atoms with van der Waals surface area (Å²) in [7, 11) is 1.70. The van der Waals surface area contributed by atoms with Gasteiger partial charge < -0.3 is 14.6 Å². The monoisotopic (exact) mass is 552 g/mol. The normalized spacial score (nSPS) is 16.3. The summed E-state index contributed by atoms with van der Waals surface area (Å²) in [6, 6.07) is 11.3. The van der Waals surface area contributed by atoms with Crippen LogP contribution in [-0.4, -0.2) is 47.3 Å². The molecule has 0 radical (unpaired) electrons. The first-order valence-electron chi connectivity index (χ1n) is 9.42. The van der Waals surface area contributed by atoms with Gasteiger partial charge in [0.05, 0.1) is 20.8 Å². The molecule has 2 aromatic rings. The van der Waals surface area contributed by atoms with Crippen LogP contribution in [0.25, 0.3) is 6.08 Å². The molecule has 0 bridgehead atoms. The molecule has 0 atom stereocenters. The fourth-order valence-electron chi connectivity index (χ4n) is 2.74. The third-order valence-corrected chi connectivity index (χ3v) is 6.09. The first-order chi connectivity index (χ1) is 14.8. The molecular formula is C22H21IN2O5S. The lowest BCUT2D eigenvalue weighted by Crippen LogP contribution is -2.23. The summed E-state index contributed by atoms with van der Waals surface area (Å²) in [5.41, 5.74) is 2.67. The van der Waals surface area contributed by atoms with E-state index in [1.807, 2.05) is 44.2 Å². The summed E-state index contributed by atoms with van der Waals surface area (Å²) in [4.78, 5) is 30.2. The van der Waals surface area contributed by atoms with Crippen molar-refractivity contribution < 1.29 is 24.2 Å². The maximum atomic E-state index is 12.7. The van der Waals surface area contributed by atoms with Crippen LogP contribution < -0.4 is 9.47 Å². The van der Waals surface area contributed by atoms with E-state index >= 15 is 0 Å². The lowest BCUT2D eigenvalue weighted by molar-refractivity contribution is -0.139. The maximum absolute atomic E-state index is 12.7. The van der Waals surface area contributed by atoms with Gasteiger partial charge in [-0.3, -0.25) is 9.69 Å². The van der Waals surface area contributed by atoms with Crippen molar-refractivity contribution >= 4 is 63.2 Å². The Balaban J connectivity index is 1.90. The Morgan fingerprint density at radius 2 is 1.97 bits per heavy atom. The Morgan fingerprint density at radius 3 is 2.61 bits per heavy atom. The highest BCUT2D eigenvalue weighted by molar-refractivity contribution is 14.1. The second kappa shape index (κ2) is 10.2. The molecule has 1 saturated heterocycles. The van der Waals surface area contributed by atoms with Crippen LogP contribution in [0.4, 0.5) is 5.69 Å². The zero-order chi connectivity index (χ0) is 22.5. The summed E-state index contributed by atoms with van der Waals surface area (Å²) in [5.74, 6) is -0.410. The third kappa shape index (κ3) is 5.79. The molecule has 1 fully saturated rings. The number of thioether (sulfide) groups is 1. The number of nitrogens with zero attached hydrogens (tertiary/aromatic N) is 2. The van der Waals surface area contributed by atoms with Gasteiger partial charge in [0.15, 0.2) is 23.3 Å². The van der Waals surface area contributed by atoms with Gasteiger partial charge in [-0.25, -0.2) is 9.79 Å². The highest BCUT2D eigenvalue weighted by Gasteiger charge is 2.30. The van der Waals surface area contributed by atoms with E-state index in [1.54, 1.807) is 19.2 Å². The number of aliphatic imine (C=N–C) groups is 1. The minimum atomic E-state index is -1.07. The van der Waals surface area contributed by atoms with Crippen LogP contribution in [0.2, 0.25) is 0 Å². The van der Waals surface area contributed by atoms with Gasteiger partial charge in [-0.2, -0.15) is 0 Å². The van der Waals surface area contributed by atoms with E-state index in [9.17, 15) is 9.59 Å². The van der Waals surface area contributed by atoms with Crippen molar-refractivity contribution in [1.29, 1.82) is 0 Å². The lowest BCUT2D eigenvalue weighted by atomic mass is 10.2. The van der Waals surface area contributed by atoms with Crippen LogP contribution >= 0.6 is 34.4 Å². The van der Waals surface area contributed by atoms with Gasteiger partial charge in [0.2, 0.25) is 0 Å². The number of carboxylic acid groups (broad SMARTS) is 1. The van der Waals surface area contributed by atoms with E-state index in [0.717, 1.165) is 16.8 Å². The number of carbonyl (C=O) groups is 2. The lowest BCUT2D eigenvalue weighted by Gasteiger charge is -2.13. The van der Waals surface area contributed by atoms with Crippen LogP contribution in [0.5, 0.6) is 11.5 Å². The van der Waals surface area contributed by atoms with Gasteiger partial charge in [-0.15, -0.1) is 0 Å². The van der Waals surface area contributed by atoms with Gasteiger partial charge in [-0.1, -0.05) is 17.7 Å². The maximum Gasteiger partial charge on any atom is 0.341 e. The van der Waals surface area contributed by atoms with Crippen molar-refractivity contribution in [3.8, 4) is 11.5 Å². The Kier molecular flexibility index (Phi) is 7.60. The standard InChI is InChI=1S/C22H21IN2O5S/c1-4-29-17-10-14(9-16(23)20(17)30-12-19(26)27)11-18-21(28)25(3)22(31-18)24-15-7-5-13(2)6-8-15/h5-11H,4,12H2,1-3H3,(H,26,27)/b18-11+,24-22?. The van der Waals surface area contributed by atoms with Gasteiger partial charge in [0, 0.05) is 7.05 Å². The molecule has 0 aliphatic carbocycles. The largest absolute Gasteiger partial charge is 0.490 e. The Morgan fingerprint density at radius 1 is 1.26 bits per heavy atom. The van der Waals surface area contributed by atoms with Crippen LogP contribution in [-0.2, 0) is 9.59 Å². The minimum absolute atomic E-state index is 0.143. The van der Waals surface area contributed by atoms with Crippen LogP contribution in [0.1, 0.15) is 18.1 Å². The topological polar surface area (TPSA) is 88.4 Å². The van der Waals surface area contributed by atoms with Gasteiger partial charge in [-0.05, 0) is 84.1 Å². The van der Waals surface area contributed by atoms with E-state index < -0.39 is 12.6 Å². The number of likely N-dealkylation sites (N-methyl/N-ethyl adjacent to an activating group) is 1. The second-order valence-corrected chi connectivity index (χ2v) is 8.82. The van der Waals surface area contributed by atoms with Crippen molar-refractivity contribution in [3.63, 3.8) is 0 Å². The van der Waals surface area contributed by atoms with Crippen LogP contribution in [0, 0.1) is 10.5 Å². The first kappa shape index (κ1) is 23.1. The molecule has 162 valence electrons. The summed E-state index contributed by atoms with van der Waals surface area (Å²) in [5, 5.41) is 9.49. The molecule has 9 heteroatoms. The number of aryl methyl sites for hydroxylation is 1. The molecule has 1 heterocycles. The van der Waals surface area contributed by atoms with Crippen molar-refractivity contribution in [2.45, 2.75) is 13.8 Å². The Hall–Kier alpha value is -2.53. The van der Waals surface area contributed by atoms with Crippen LogP contribution in [0.15, 0.2) is 46.3 Å². The Bertz CT molecular complexity index is 1070. The molecule has 31 heavy (non-hydrogen) atoms. The highest BCUT2D eigenvalue weighted by atomic mass is 127. The molecule has 1 amide bonds. The fourth-order valence-corrected chi connectivity index (χ4v) is 4.51. The quantitative estimate of drug-likeness (QED) is 0.396. The van der Waals surface area contributed by atoms with Crippen molar-refractivity contribution in [3.05, 3.63) is 56.0 Å². The van der Waals surface area contributed by atoms with Crippen LogP contribution in [0.3, 0.4) is 0 Å². The summed E-state index contributed by atoms with van der Waals surface area (Å²) < 4.78 is 11.7. The molecule has 1 aliphatic rings. The molecule has 1 aliphatic heterocycles. The number of hydrogen-bond donors (Lipinski definition) is 1. The number of rotatable bonds is 7. The average Bonchev–Trinajstić information content (AvgIpc) is 2.97. The predicted octanol–water partition coefficient (Wildman–Crippen LogP) is 4.70. The SMILES string of the molecule is CCOc1cc(/C=C2/SC(=Nc3ccc(C)cc3)N(C)C2=O)cc(I)c1OCC(=O)O. The number of amides is 1.